The zero-order valence-electron chi connectivity index (χ0n) is 13.6. The highest BCUT2D eigenvalue weighted by Crippen LogP contribution is 2.43. The summed E-state index contributed by atoms with van der Waals surface area (Å²) < 4.78 is 1.85. The molecule has 2 bridgehead atoms. The molecule has 0 N–H and O–H groups in total. The normalized spacial score (nSPS) is 25.6. The van der Waals surface area contributed by atoms with Crippen LogP contribution in [0.2, 0.25) is 0 Å². The van der Waals surface area contributed by atoms with Gasteiger partial charge >= 0.3 is 0 Å². The van der Waals surface area contributed by atoms with E-state index in [2.05, 4.69) is 36.0 Å². The number of amides is 1. The number of imidazole rings is 1. The predicted octanol–water partition coefficient (Wildman–Crippen LogP) is 2.79. The first-order valence-corrected chi connectivity index (χ1v) is 8.40. The Kier molecular flexibility index (Phi) is 3.43. The molecule has 5 nitrogen and oxygen atoms in total. The van der Waals surface area contributed by atoms with Crippen molar-refractivity contribution in [3.63, 3.8) is 0 Å². The minimum absolute atomic E-state index is 0.0106. The first kappa shape index (κ1) is 14.4. The van der Waals surface area contributed by atoms with Gasteiger partial charge in [0.05, 0.1) is 0 Å². The molecule has 2 aliphatic rings. The Morgan fingerprint density at radius 3 is 2.70 bits per heavy atom. The van der Waals surface area contributed by atoms with Crippen molar-refractivity contribution in [1.29, 1.82) is 0 Å². The molecule has 1 saturated carbocycles. The van der Waals surface area contributed by atoms with Crippen LogP contribution in [0.1, 0.15) is 37.2 Å². The molecular weight excluding hydrogens is 288 g/mol. The monoisotopic (exact) mass is 310 g/mol. The van der Waals surface area contributed by atoms with Crippen LogP contribution in [0, 0.1) is 17.8 Å². The van der Waals surface area contributed by atoms with E-state index in [0.29, 0.717) is 23.2 Å². The van der Waals surface area contributed by atoms with Crippen LogP contribution in [-0.2, 0) is 0 Å². The summed E-state index contributed by atoms with van der Waals surface area (Å²) in [4.78, 5) is 23.7. The lowest BCUT2D eigenvalue weighted by Gasteiger charge is -2.31. The number of rotatable bonds is 4. The molecule has 0 spiro atoms. The Morgan fingerprint density at radius 1 is 1.26 bits per heavy atom. The fraction of sp³-hybridized carbons (Fsp3) is 0.500. The maximum atomic E-state index is 13.1. The van der Waals surface area contributed by atoms with Crippen LogP contribution in [0.15, 0.2) is 36.9 Å². The Balaban J connectivity index is 1.61. The molecule has 2 aromatic heterocycles. The molecule has 3 atom stereocenters. The van der Waals surface area contributed by atoms with Gasteiger partial charge in [0.25, 0.3) is 5.91 Å². The minimum atomic E-state index is -0.0106. The van der Waals surface area contributed by atoms with E-state index >= 15 is 0 Å². The van der Waals surface area contributed by atoms with E-state index < -0.39 is 0 Å². The Labute approximate surface area is 136 Å². The smallest absolute Gasteiger partial charge is 0.276 e. The first-order valence-electron chi connectivity index (χ1n) is 8.40. The van der Waals surface area contributed by atoms with E-state index in [0.717, 1.165) is 12.5 Å². The van der Waals surface area contributed by atoms with E-state index in [1.807, 2.05) is 21.7 Å². The summed E-state index contributed by atoms with van der Waals surface area (Å²) in [5.41, 5.74) is 1.08. The van der Waals surface area contributed by atoms with Gasteiger partial charge in [0.1, 0.15) is 0 Å². The van der Waals surface area contributed by atoms with Gasteiger partial charge in [0, 0.05) is 37.4 Å². The zero-order valence-corrected chi connectivity index (χ0v) is 13.6. The average Bonchev–Trinajstić information content (AvgIpc) is 3.26. The molecule has 120 valence electrons. The van der Waals surface area contributed by atoms with Crippen molar-refractivity contribution in [3.8, 4) is 0 Å². The van der Waals surface area contributed by atoms with Gasteiger partial charge in [-0.1, -0.05) is 12.2 Å². The van der Waals surface area contributed by atoms with E-state index in [9.17, 15) is 4.79 Å². The van der Waals surface area contributed by atoms with Gasteiger partial charge in [-0.05, 0) is 44.4 Å². The van der Waals surface area contributed by atoms with Crippen LogP contribution in [0.4, 0.5) is 0 Å². The third kappa shape index (κ3) is 2.44. The van der Waals surface area contributed by atoms with E-state index in [1.54, 1.807) is 12.4 Å². The standard InChI is InChI=1S/C18H22N4O/c1-12(2)22(11-15-10-13-3-4-14(15)9-13)18(23)16-17-20-6-8-21(17)7-5-19-16/h3-8,12-15H,9-11H2,1-2H3/t13-,14+,15-/m1/s1. The lowest BCUT2D eigenvalue weighted by atomic mass is 9.92. The highest BCUT2D eigenvalue weighted by atomic mass is 16.2. The number of carbonyl (C=O) groups is 1. The largest absolute Gasteiger partial charge is 0.334 e. The number of nitrogens with zero attached hydrogens (tertiary/aromatic N) is 4. The second-order valence-electron chi connectivity index (χ2n) is 7.03. The molecule has 0 unspecified atom stereocenters. The van der Waals surface area contributed by atoms with Crippen molar-refractivity contribution in [1.82, 2.24) is 19.3 Å². The van der Waals surface area contributed by atoms with Crippen LogP contribution in [0.25, 0.3) is 5.65 Å². The van der Waals surface area contributed by atoms with Gasteiger partial charge < -0.3 is 9.30 Å². The number of fused-ring (bicyclic) bond motifs is 3. The third-order valence-electron chi connectivity index (χ3n) is 5.25. The number of carbonyl (C=O) groups excluding carboxylic acids is 1. The molecule has 5 heteroatoms. The van der Waals surface area contributed by atoms with Crippen molar-refractivity contribution in [2.45, 2.75) is 32.7 Å². The maximum Gasteiger partial charge on any atom is 0.276 e. The van der Waals surface area contributed by atoms with Crippen LogP contribution in [-0.4, -0.2) is 37.8 Å². The van der Waals surface area contributed by atoms with E-state index in [-0.39, 0.29) is 11.9 Å². The quantitative estimate of drug-likeness (QED) is 0.816. The fourth-order valence-electron chi connectivity index (χ4n) is 4.03. The Hall–Kier alpha value is -2.17. The van der Waals surface area contributed by atoms with Gasteiger partial charge in [-0.2, -0.15) is 0 Å². The van der Waals surface area contributed by atoms with Gasteiger partial charge in [0.2, 0.25) is 0 Å². The van der Waals surface area contributed by atoms with Crippen molar-refractivity contribution in [3.05, 3.63) is 42.6 Å². The lowest BCUT2D eigenvalue weighted by Crippen LogP contribution is -2.41. The summed E-state index contributed by atoms with van der Waals surface area (Å²) in [7, 11) is 0. The van der Waals surface area contributed by atoms with Gasteiger partial charge in [0.15, 0.2) is 11.3 Å². The van der Waals surface area contributed by atoms with Crippen molar-refractivity contribution in [2.75, 3.05) is 6.54 Å². The molecule has 1 amide bonds. The van der Waals surface area contributed by atoms with Gasteiger partial charge in [-0.3, -0.25) is 4.79 Å². The van der Waals surface area contributed by atoms with Crippen molar-refractivity contribution in [2.24, 2.45) is 17.8 Å². The summed E-state index contributed by atoms with van der Waals surface area (Å²) in [5, 5.41) is 0. The van der Waals surface area contributed by atoms with Crippen molar-refractivity contribution < 1.29 is 4.79 Å². The highest BCUT2D eigenvalue weighted by Gasteiger charge is 2.38. The number of hydrogen-bond donors (Lipinski definition) is 0. The molecule has 0 saturated heterocycles. The molecule has 1 fully saturated rings. The predicted molar refractivity (Wildman–Crippen MR) is 88.0 cm³/mol. The number of hydrogen-bond acceptors (Lipinski definition) is 3. The minimum Gasteiger partial charge on any atom is -0.334 e. The second-order valence-corrected chi connectivity index (χ2v) is 7.03. The molecule has 0 radical (unpaired) electrons. The third-order valence-corrected chi connectivity index (χ3v) is 5.25. The van der Waals surface area contributed by atoms with Crippen LogP contribution < -0.4 is 0 Å². The molecule has 0 aliphatic heterocycles. The highest BCUT2D eigenvalue weighted by molar-refractivity contribution is 5.97. The maximum absolute atomic E-state index is 13.1. The van der Waals surface area contributed by atoms with E-state index in [1.165, 1.54) is 12.8 Å². The Morgan fingerprint density at radius 2 is 2.04 bits per heavy atom. The zero-order chi connectivity index (χ0) is 16.0. The molecule has 0 aromatic carbocycles. The van der Waals surface area contributed by atoms with Crippen LogP contribution in [0.5, 0.6) is 0 Å². The lowest BCUT2D eigenvalue weighted by molar-refractivity contribution is 0.0656. The molecule has 2 heterocycles. The summed E-state index contributed by atoms with van der Waals surface area (Å²) in [6.45, 7) is 4.96. The van der Waals surface area contributed by atoms with Crippen molar-refractivity contribution >= 4 is 11.6 Å². The number of aromatic nitrogens is 3. The number of allylic oxidation sites excluding steroid dienone is 2. The SMILES string of the molecule is CC(C)N(C[C@H]1C[C@@H]2C=C[C@H]1C2)C(=O)c1nccn2ccnc12. The van der Waals surface area contributed by atoms with Crippen LogP contribution in [0.3, 0.4) is 0 Å². The van der Waals surface area contributed by atoms with E-state index in [4.69, 9.17) is 0 Å². The summed E-state index contributed by atoms with van der Waals surface area (Å²) in [5.74, 6) is 1.94. The molecule has 2 aromatic rings. The van der Waals surface area contributed by atoms with Crippen LogP contribution >= 0.6 is 0 Å². The van der Waals surface area contributed by atoms with Gasteiger partial charge in [-0.15, -0.1) is 0 Å². The molecule has 23 heavy (non-hydrogen) atoms. The van der Waals surface area contributed by atoms with Gasteiger partial charge in [-0.25, -0.2) is 9.97 Å². The first-order chi connectivity index (χ1) is 11.1. The summed E-state index contributed by atoms with van der Waals surface area (Å²) >= 11 is 0. The second kappa shape index (κ2) is 5.48. The summed E-state index contributed by atoms with van der Waals surface area (Å²) in [6, 6.07) is 0.155. The fourth-order valence-corrected chi connectivity index (χ4v) is 4.03. The molecule has 4 rings (SSSR count). The topological polar surface area (TPSA) is 50.5 Å². The molecular formula is C18H22N4O. The molecule has 2 aliphatic carbocycles. The Bertz CT molecular complexity index is 763. The average molecular weight is 310 g/mol. The summed E-state index contributed by atoms with van der Waals surface area (Å²) in [6.07, 6.45) is 14.2.